The minimum Gasteiger partial charge on any atom is -0.508 e. The Balaban J connectivity index is 1.42. The quantitative estimate of drug-likeness (QED) is 0.207. The van der Waals surface area contributed by atoms with Crippen LogP contribution in [0.3, 0.4) is 0 Å². The number of imide groups is 1. The number of fused-ring (bicyclic) bond motifs is 1. The number of aliphatic hydroxyl groups excluding tert-OH is 2. The van der Waals surface area contributed by atoms with E-state index in [2.05, 4.69) is 13.0 Å². The Morgan fingerprint density at radius 1 is 1.02 bits per heavy atom. The third-order valence-corrected chi connectivity index (χ3v) is 9.42. The first-order valence-corrected chi connectivity index (χ1v) is 15.9. The zero-order chi connectivity index (χ0) is 30.3. The molecule has 3 N–H and O–H groups in total. The van der Waals surface area contributed by atoms with E-state index in [9.17, 15) is 24.9 Å². The molecule has 0 aromatic heterocycles. The van der Waals surface area contributed by atoms with Crippen LogP contribution in [0.2, 0.25) is 0 Å². The van der Waals surface area contributed by atoms with Gasteiger partial charge in [0.25, 0.3) is 0 Å². The van der Waals surface area contributed by atoms with Crippen molar-refractivity contribution in [2.24, 2.45) is 17.8 Å². The number of phenolic OH excluding ortho intramolecular Hbond substituents is 1. The van der Waals surface area contributed by atoms with Gasteiger partial charge in [-0.2, -0.15) is 0 Å². The molecule has 2 aliphatic carbocycles. The number of likely N-dealkylation sites (tertiary alicyclic amines) is 1. The van der Waals surface area contributed by atoms with Gasteiger partial charge in [-0.1, -0.05) is 74.6 Å². The van der Waals surface area contributed by atoms with Gasteiger partial charge >= 0.3 is 0 Å². The molecule has 1 saturated carbocycles. The van der Waals surface area contributed by atoms with Gasteiger partial charge in [-0.15, -0.1) is 0 Å². The minimum absolute atomic E-state index is 0.0738. The van der Waals surface area contributed by atoms with Gasteiger partial charge in [0.15, 0.2) is 0 Å². The summed E-state index contributed by atoms with van der Waals surface area (Å²) in [5.41, 5.74) is 3.51. The van der Waals surface area contributed by atoms with Crippen molar-refractivity contribution in [1.82, 2.24) is 4.90 Å². The molecule has 2 aromatic carbocycles. The summed E-state index contributed by atoms with van der Waals surface area (Å²) in [6.07, 6.45) is 9.13. The normalized spacial score (nSPS) is 23.9. The van der Waals surface area contributed by atoms with E-state index in [1.807, 2.05) is 42.5 Å². The Morgan fingerprint density at radius 2 is 1.79 bits per heavy atom. The average molecular weight is 588 g/mol. The second-order valence-corrected chi connectivity index (χ2v) is 12.3. The van der Waals surface area contributed by atoms with E-state index in [-0.39, 0.29) is 36.8 Å². The summed E-state index contributed by atoms with van der Waals surface area (Å²) in [7, 11) is 0. The van der Waals surface area contributed by atoms with Gasteiger partial charge in [0.2, 0.25) is 11.8 Å². The highest BCUT2D eigenvalue weighted by Gasteiger charge is 2.56. The average Bonchev–Trinajstić information content (AvgIpc) is 3.27. The molecule has 2 amide bonds. The molecular weight excluding hydrogens is 542 g/mol. The molecule has 7 heteroatoms. The molecular formula is C36H45NO6. The largest absolute Gasteiger partial charge is 0.508 e. The van der Waals surface area contributed by atoms with Crippen LogP contribution < -0.4 is 4.74 Å². The van der Waals surface area contributed by atoms with Gasteiger partial charge in [-0.3, -0.25) is 14.5 Å². The first-order valence-electron chi connectivity index (χ1n) is 15.9. The van der Waals surface area contributed by atoms with Crippen LogP contribution in [0.5, 0.6) is 11.5 Å². The van der Waals surface area contributed by atoms with E-state index < -0.39 is 23.9 Å². The van der Waals surface area contributed by atoms with Gasteiger partial charge in [0.1, 0.15) is 18.1 Å². The summed E-state index contributed by atoms with van der Waals surface area (Å²) in [5.74, 6) is -1.28. The fraction of sp³-hybridized carbons (Fsp3) is 0.500. The lowest BCUT2D eigenvalue weighted by Gasteiger charge is -2.36. The predicted molar refractivity (Wildman–Crippen MR) is 166 cm³/mol. The van der Waals surface area contributed by atoms with Gasteiger partial charge in [-0.25, -0.2) is 0 Å². The number of hydrogen-bond donors (Lipinski definition) is 3. The van der Waals surface area contributed by atoms with Crippen LogP contribution in [0, 0.1) is 17.8 Å². The maximum atomic E-state index is 13.9. The molecule has 2 fully saturated rings. The smallest absolute Gasteiger partial charge is 0.234 e. The van der Waals surface area contributed by atoms with Gasteiger partial charge < -0.3 is 20.1 Å². The molecule has 2 aromatic rings. The molecule has 1 saturated heterocycles. The number of rotatable bonds is 12. The maximum absolute atomic E-state index is 13.9. The molecule has 1 heterocycles. The zero-order valence-electron chi connectivity index (χ0n) is 25.2. The Hall–Kier alpha value is -3.42. The number of allylic oxidation sites excluding steroid dienone is 1. The maximum Gasteiger partial charge on any atom is 0.234 e. The monoisotopic (exact) mass is 587 g/mol. The zero-order valence-corrected chi connectivity index (χ0v) is 25.2. The Labute approximate surface area is 254 Å². The van der Waals surface area contributed by atoms with Crippen molar-refractivity contribution in [2.45, 2.75) is 83.3 Å². The Kier molecular flexibility index (Phi) is 10.4. The number of nitrogens with zero attached hydrogens (tertiary/aromatic N) is 1. The topological polar surface area (TPSA) is 107 Å². The van der Waals surface area contributed by atoms with E-state index in [0.717, 1.165) is 61.7 Å². The second-order valence-electron chi connectivity index (χ2n) is 12.3. The molecule has 0 unspecified atom stereocenters. The number of phenols is 1. The Morgan fingerprint density at radius 3 is 2.49 bits per heavy atom. The summed E-state index contributed by atoms with van der Waals surface area (Å²) in [6, 6.07) is 16.5. The molecule has 3 aliphatic rings. The lowest BCUT2D eigenvalue weighted by Crippen LogP contribution is -2.42. The van der Waals surface area contributed by atoms with Gasteiger partial charge in [0.05, 0.1) is 24.5 Å². The molecule has 0 radical (unpaired) electrons. The molecule has 0 spiro atoms. The first-order chi connectivity index (χ1) is 20.9. The van der Waals surface area contributed by atoms with Crippen LogP contribution in [0.15, 0.2) is 71.3 Å². The highest BCUT2D eigenvalue weighted by molar-refractivity contribution is 6.06. The van der Waals surface area contributed by atoms with Crippen molar-refractivity contribution >= 4 is 17.9 Å². The summed E-state index contributed by atoms with van der Waals surface area (Å²) in [5, 5.41) is 32.4. The highest BCUT2D eigenvalue weighted by atomic mass is 16.5. The number of para-hydroxylation sites is 1. The van der Waals surface area contributed by atoms with Crippen molar-refractivity contribution in [2.75, 3.05) is 13.2 Å². The minimum atomic E-state index is -0.900. The molecule has 43 heavy (non-hydrogen) atoms. The van der Waals surface area contributed by atoms with E-state index in [1.54, 1.807) is 12.1 Å². The van der Waals surface area contributed by atoms with Crippen molar-refractivity contribution in [1.29, 1.82) is 0 Å². The highest BCUT2D eigenvalue weighted by Crippen LogP contribution is 2.47. The third kappa shape index (κ3) is 7.05. The van der Waals surface area contributed by atoms with Crippen molar-refractivity contribution in [3.63, 3.8) is 0 Å². The molecule has 0 bridgehead atoms. The number of ether oxygens (including phenoxy) is 1. The van der Waals surface area contributed by atoms with Crippen LogP contribution in [0.4, 0.5) is 0 Å². The van der Waals surface area contributed by atoms with E-state index >= 15 is 0 Å². The predicted octanol–water partition coefficient (Wildman–Crippen LogP) is 6.04. The summed E-state index contributed by atoms with van der Waals surface area (Å²) in [6.45, 7) is 1.97. The van der Waals surface area contributed by atoms with Crippen LogP contribution in [0.1, 0.15) is 76.7 Å². The SMILES string of the molecule is CCC/C(=C\c1cccc(O)c1)CC[C@@H](O)C1=C(COc2ccccc2)C[C@H]2C(=O)N(C3CCCCC3)C(=O)[C@H]2[C@H]1CO. The van der Waals surface area contributed by atoms with Crippen LogP contribution >= 0.6 is 0 Å². The molecule has 4 atom stereocenters. The van der Waals surface area contributed by atoms with Gasteiger partial charge in [0, 0.05) is 12.0 Å². The lowest BCUT2D eigenvalue weighted by atomic mass is 9.68. The fourth-order valence-electron chi connectivity index (χ4n) is 7.42. The first kappa shape index (κ1) is 31.0. The van der Waals surface area contributed by atoms with Crippen LogP contribution in [0.25, 0.3) is 6.08 Å². The molecule has 230 valence electrons. The summed E-state index contributed by atoms with van der Waals surface area (Å²) < 4.78 is 6.13. The fourth-order valence-corrected chi connectivity index (χ4v) is 7.42. The van der Waals surface area contributed by atoms with Crippen molar-refractivity contribution in [3.05, 3.63) is 76.9 Å². The number of aliphatic hydroxyl groups is 2. The van der Waals surface area contributed by atoms with E-state index in [0.29, 0.717) is 30.6 Å². The second kappa shape index (κ2) is 14.4. The summed E-state index contributed by atoms with van der Waals surface area (Å²) >= 11 is 0. The molecule has 5 rings (SSSR count). The molecule has 1 aliphatic heterocycles. The van der Waals surface area contributed by atoms with Crippen LogP contribution in [-0.2, 0) is 9.59 Å². The number of benzene rings is 2. The third-order valence-electron chi connectivity index (χ3n) is 9.42. The number of amides is 2. The number of carbonyl (C=O) groups excluding carboxylic acids is 2. The summed E-state index contributed by atoms with van der Waals surface area (Å²) in [4.78, 5) is 29.2. The van der Waals surface area contributed by atoms with E-state index in [4.69, 9.17) is 4.74 Å². The number of aromatic hydroxyl groups is 1. The molecule has 7 nitrogen and oxygen atoms in total. The number of carbonyl (C=O) groups is 2. The van der Waals surface area contributed by atoms with Gasteiger partial charge in [-0.05, 0) is 79.5 Å². The number of hydrogen-bond acceptors (Lipinski definition) is 6. The van der Waals surface area contributed by atoms with E-state index in [1.165, 1.54) is 4.90 Å². The van der Waals surface area contributed by atoms with Crippen LogP contribution in [-0.4, -0.2) is 57.4 Å². The van der Waals surface area contributed by atoms with Crippen molar-refractivity contribution < 1.29 is 29.6 Å². The van der Waals surface area contributed by atoms with Crippen molar-refractivity contribution in [3.8, 4) is 11.5 Å². The standard InChI is InChI=1S/C36H45NO6/c1-2-10-24(19-25-11-9-14-28(39)20-25)17-18-32(40)33-26(23-43-29-15-7-4-8-16-29)21-30-34(31(33)22-38)36(42)37(35(30)41)27-12-5-3-6-13-27/h4,7-9,11,14-16,19-20,27,30-32,34,38-40H,2-3,5-6,10,12-13,17-18,21-23H2,1H3/b24-19+/t30-,31+,32-,34-/m1/s1. The Bertz CT molecular complexity index is 1330. The lowest BCUT2D eigenvalue weighted by molar-refractivity contribution is -0.143.